The monoisotopic (exact) mass is 507 g/mol. The number of unbranched alkanes of at least 4 members (excludes halogenated alkanes) is 1. The second kappa shape index (κ2) is 14.4. The van der Waals surface area contributed by atoms with Crippen molar-refractivity contribution in [3.63, 3.8) is 0 Å². The minimum atomic E-state index is -1.05. The molecular weight excluding hydrogens is 466 g/mol. The lowest BCUT2D eigenvalue weighted by Gasteiger charge is -2.27. The molecule has 10 nitrogen and oxygen atoms in total. The largest absolute Gasteiger partial charge is 0.481 e. The first-order valence-corrected chi connectivity index (χ1v) is 12.7. The van der Waals surface area contributed by atoms with Gasteiger partial charge in [0.05, 0.1) is 18.5 Å². The highest BCUT2D eigenvalue weighted by molar-refractivity contribution is 5.76. The van der Waals surface area contributed by atoms with Crippen LogP contribution in [0.1, 0.15) is 71.9 Å². The van der Waals surface area contributed by atoms with E-state index in [0.29, 0.717) is 48.4 Å². The van der Waals surface area contributed by atoms with Gasteiger partial charge in [0, 0.05) is 13.1 Å². The SMILES string of the molecule is CCCCC(COC(=O)N(CC(C)C)CC(C)C)NC(=O)NC(CC(=O)O)c1ccc2c(c1)OCO2. The van der Waals surface area contributed by atoms with Crippen molar-refractivity contribution in [1.82, 2.24) is 15.5 Å². The maximum absolute atomic E-state index is 12.9. The second-order valence-corrected chi connectivity index (χ2v) is 9.99. The Labute approximate surface area is 213 Å². The number of carbonyl (C=O) groups is 3. The van der Waals surface area contributed by atoms with Crippen molar-refractivity contribution in [2.45, 2.75) is 72.4 Å². The normalized spacial score (nSPS) is 13.9. The lowest BCUT2D eigenvalue weighted by Crippen LogP contribution is -2.47. The van der Waals surface area contributed by atoms with Gasteiger partial charge in [-0.15, -0.1) is 0 Å². The zero-order chi connectivity index (χ0) is 26.7. The quantitative estimate of drug-likeness (QED) is 0.337. The van der Waals surface area contributed by atoms with Crippen molar-refractivity contribution in [2.24, 2.45) is 11.8 Å². The van der Waals surface area contributed by atoms with Crippen molar-refractivity contribution in [2.75, 3.05) is 26.5 Å². The van der Waals surface area contributed by atoms with Crippen LogP contribution in [0, 0.1) is 11.8 Å². The van der Waals surface area contributed by atoms with Crippen molar-refractivity contribution >= 4 is 18.1 Å². The molecule has 0 aromatic heterocycles. The number of hydrogen-bond acceptors (Lipinski definition) is 6. The highest BCUT2D eigenvalue weighted by atomic mass is 16.7. The molecule has 0 aliphatic carbocycles. The predicted octanol–water partition coefficient (Wildman–Crippen LogP) is 4.54. The Kier molecular flexibility index (Phi) is 11.6. The van der Waals surface area contributed by atoms with E-state index in [-0.39, 0.29) is 19.8 Å². The van der Waals surface area contributed by atoms with Crippen LogP contribution in [0.3, 0.4) is 0 Å². The van der Waals surface area contributed by atoms with Gasteiger partial charge in [0.2, 0.25) is 6.79 Å². The van der Waals surface area contributed by atoms with Gasteiger partial charge in [-0.05, 0) is 36.0 Å². The molecule has 0 saturated carbocycles. The van der Waals surface area contributed by atoms with E-state index in [4.69, 9.17) is 14.2 Å². The molecule has 0 saturated heterocycles. The van der Waals surface area contributed by atoms with Crippen LogP contribution in [0.25, 0.3) is 0 Å². The standard InChI is InChI=1S/C26H41N3O7/c1-6-7-8-20(15-34-26(33)29(13-17(2)3)14-18(4)5)27-25(32)28-21(12-24(30)31)19-9-10-22-23(11-19)36-16-35-22/h9-11,17-18,20-21H,6-8,12-16H2,1-5H3,(H,30,31)(H2,27,28,32). The zero-order valence-corrected chi connectivity index (χ0v) is 22.0. The summed E-state index contributed by atoms with van der Waals surface area (Å²) in [6.45, 7) is 11.5. The van der Waals surface area contributed by atoms with Crippen LogP contribution in [0.15, 0.2) is 18.2 Å². The third-order valence-corrected chi connectivity index (χ3v) is 5.56. The lowest BCUT2D eigenvalue weighted by molar-refractivity contribution is -0.137. The summed E-state index contributed by atoms with van der Waals surface area (Å²) in [6.07, 6.45) is 1.68. The van der Waals surface area contributed by atoms with Crippen LogP contribution in [0.4, 0.5) is 9.59 Å². The molecule has 2 rings (SSSR count). The number of nitrogens with one attached hydrogen (secondary N) is 2. The molecule has 2 atom stereocenters. The molecule has 1 aliphatic heterocycles. The summed E-state index contributed by atoms with van der Waals surface area (Å²) in [6, 6.07) is 3.35. The number of carboxylic acids is 1. The number of carboxylic acid groups (broad SMARTS) is 1. The van der Waals surface area contributed by atoms with E-state index >= 15 is 0 Å². The van der Waals surface area contributed by atoms with Gasteiger partial charge in [0.1, 0.15) is 6.61 Å². The molecule has 0 spiro atoms. The van der Waals surface area contributed by atoms with E-state index in [1.165, 1.54) is 0 Å². The lowest BCUT2D eigenvalue weighted by atomic mass is 10.0. The van der Waals surface area contributed by atoms with E-state index in [1.54, 1.807) is 23.1 Å². The van der Waals surface area contributed by atoms with E-state index < -0.39 is 30.2 Å². The summed E-state index contributed by atoms with van der Waals surface area (Å²) in [5.74, 6) is 0.634. The summed E-state index contributed by atoms with van der Waals surface area (Å²) in [5, 5.41) is 15.0. The number of urea groups is 1. The van der Waals surface area contributed by atoms with E-state index in [2.05, 4.69) is 10.6 Å². The molecule has 1 aliphatic rings. The van der Waals surface area contributed by atoms with Crippen molar-refractivity contribution in [3.05, 3.63) is 23.8 Å². The number of amides is 3. The number of fused-ring (bicyclic) bond motifs is 1. The number of carbonyl (C=O) groups excluding carboxylic acids is 2. The van der Waals surface area contributed by atoms with Gasteiger partial charge in [-0.1, -0.05) is 53.5 Å². The van der Waals surface area contributed by atoms with Gasteiger partial charge in [-0.2, -0.15) is 0 Å². The fourth-order valence-electron chi connectivity index (χ4n) is 3.96. The molecule has 0 radical (unpaired) electrons. The Bertz CT molecular complexity index is 865. The van der Waals surface area contributed by atoms with Gasteiger partial charge in [0.15, 0.2) is 11.5 Å². The minimum absolute atomic E-state index is 0.0343. The van der Waals surface area contributed by atoms with Crippen molar-refractivity contribution < 1.29 is 33.7 Å². The fourth-order valence-corrected chi connectivity index (χ4v) is 3.96. The maximum Gasteiger partial charge on any atom is 0.409 e. The smallest absolute Gasteiger partial charge is 0.409 e. The molecule has 202 valence electrons. The van der Waals surface area contributed by atoms with Crippen molar-refractivity contribution in [1.29, 1.82) is 0 Å². The highest BCUT2D eigenvalue weighted by Crippen LogP contribution is 2.34. The second-order valence-electron chi connectivity index (χ2n) is 9.99. The molecule has 1 heterocycles. The maximum atomic E-state index is 12.9. The van der Waals surface area contributed by atoms with Crippen LogP contribution >= 0.6 is 0 Å². The minimum Gasteiger partial charge on any atom is -0.481 e. The van der Waals surface area contributed by atoms with Crippen LogP contribution < -0.4 is 20.1 Å². The molecule has 1 aromatic rings. The first kappa shape index (κ1) is 29.1. The molecule has 1 aromatic carbocycles. The predicted molar refractivity (Wildman–Crippen MR) is 135 cm³/mol. The topological polar surface area (TPSA) is 126 Å². The summed E-state index contributed by atoms with van der Waals surface area (Å²) >= 11 is 0. The Balaban J connectivity index is 2.03. The van der Waals surface area contributed by atoms with Gasteiger partial charge in [-0.3, -0.25) is 4.79 Å². The number of aliphatic carboxylic acids is 1. The molecular formula is C26H41N3O7. The first-order chi connectivity index (χ1) is 17.1. The number of benzene rings is 1. The first-order valence-electron chi connectivity index (χ1n) is 12.7. The fraction of sp³-hybridized carbons (Fsp3) is 0.654. The number of ether oxygens (including phenoxy) is 3. The molecule has 3 N–H and O–H groups in total. The average Bonchev–Trinajstić information content (AvgIpc) is 3.26. The molecule has 10 heteroatoms. The van der Waals surface area contributed by atoms with Gasteiger partial charge < -0.3 is 34.9 Å². The summed E-state index contributed by atoms with van der Waals surface area (Å²) in [7, 11) is 0. The molecule has 0 fully saturated rings. The van der Waals surface area contributed by atoms with E-state index in [9.17, 15) is 19.5 Å². The Morgan fingerprint density at radius 1 is 1.06 bits per heavy atom. The third kappa shape index (κ3) is 9.83. The number of rotatable bonds is 14. The Morgan fingerprint density at radius 3 is 2.33 bits per heavy atom. The summed E-state index contributed by atoms with van der Waals surface area (Å²) in [4.78, 5) is 38.8. The summed E-state index contributed by atoms with van der Waals surface area (Å²) in [5.41, 5.74) is 0.589. The van der Waals surface area contributed by atoms with Gasteiger partial charge in [-0.25, -0.2) is 9.59 Å². The highest BCUT2D eigenvalue weighted by Gasteiger charge is 2.24. The Morgan fingerprint density at radius 2 is 1.72 bits per heavy atom. The molecule has 36 heavy (non-hydrogen) atoms. The van der Waals surface area contributed by atoms with Gasteiger partial charge in [0.25, 0.3) is 0 Å². The van der Waals surface area contributed by atoms with Gasteiger partial charge >= 0.3 is 18.1 Å². The number of nitrogens with zero attached hydrogens (tertiary/aromatic N) is 1. The van der Waals surface area contributed by atoms with E-state index in [1.807, 2.05) is 34.6 Å². The van der Waals surface area contributed by atoms with Crippen LogP contribution in [-0.2, 0) is 9.53 Å². The van der Waals surface area contributed by atoms with Crippen molar-refractivity contribution in [3.8, 4) is 11.5 Å². The zero-order valence-electron chi connectivity index (χ0n) is 22.0. The Hall–Kier alpha value is -3.17. The van der Waals surface area contributed by atoms with E-state index in [0.717, 1.165) is 12.8 Å². The average molecular weight is 508 g/mol. The number of hydrogen-bond donors (Lipinski definition) is 3. The molecule has 3 amide bonds. The van der Waals surface area contributed by atoms with Crippen LogP contribution in [0.2, 0.25) is 0 Å². The van der Waals surface area contributed by atoms with Crippen LogP contribution in [-0.4, -0.2) is 60.6 Å². The summed E-state index contributed by atoms with van der Waals surface area (Å²) < 4.78 is 16.3. The van der Waals surface area contributed by atoms with Crippen LogP contribution in [0.5, 0.6) is 11.5 Å². The molecule has 0 bridgehead atoms. The third-order valence-electron chi connectivity index (χ3n) is 5.56. The molecule has 2 unspecified atom stereocenters.